The topological polar surface area (TPSA) is 54.5 Å². The highest BCUT2D eigenvalue weighted by Gasteiger charge is 2.32. The van der Waals surface area contributed by atoms with Crippen molar-refractivity contribution in [3.63, 3.8) is 0 Å². The van der Waals surface area contributed by atoms with E-state index in [1.807, 2.05) is 61.2 Å². The minimum atomic E-state index is -0.0857. The number of benzene rings is 1. The molecule has 0 aliphatic carbocycles. The van der Waals surface area contributed by atoms with Crippen molar-refractivity contribution in [2.24, 2.45) is 0 Å². The molecule has 0 radical (unpaired) electrons. The molecule has 27 heavy (non-hydrogen) atoms. The van der Waals surface area contributed by atoms with Crippen LogP contribution in [0.2, 0.25) is 0 Å². The molecule has 2 heterocycles. The van der Waals surface area contributed by atoms with Gasteiger partial charge in [-0.2, -0.15) is 0 Å². The molecule has 2 unspecified atom stereocenters. The zero-order valence-corrected chi connectivity index (χ0v) is 16.4. The Labute approximate surface area is 161 Å². The van der Waals surface area contributed by atoms with E-state index in [1.165, 1.54) is 0 Å². The first-order valence-corrected chi connectivity index (χ1v) is 9.83. The van der Waals surface area contributed by atoms with E-state index < -0.39 is 0 Å². The number of carbonyl (C=O) groups excluding carboxylic acids is 1. The molecule has 2 amide bonds. The van der Waals surface area contributed by atoms with Crippen LogP contribution in [-0.2, 0) is 0 Å². The molecule has 0 spiro atoms. The summed E-state index contributed by atoms with van der Waals surface area (Å²) in [7, 11) is 0. The highest BCUT2D eigenvalue weighted by atomic mass is 16.5. The van der Waals surface area contributed by atoms with Gasteiger partial charge in [-0.25, -0.2) is 4.79 Å². The zero-order chi connectivity index (χ0) is 19.2. The third-order valence-electron chi connectivity index (χ3n) is 4.91. The van der Waals surface area contributed by atoms with Gasteiger partial charge in [-0.1, -0.05) is 31.2 Å². The van der Waals surface area contributed by atoms with Crippen molar-refractivity contribution in [2.45, 2.75) is 58.2 Å². The van der Waals surface area contributed by atoms with Crippen molar-refractivity contribution in [2.75, 3.05) is 6.54 Å². The fraction of sp³-hybridized carbons (Fsp3) is 0.455. The summed E-state index contributed by atoms with van der Waals surface area (Å²) in [5.74, 6) is 0.836. The largest absolute Gasteiger partial charge is 0.491 e. The van der Waals surface area contributed by atoms with E-state index in [2.05, 4.69) is 17.2 Å². The molecule has 0 saturated carbocycles. The van der Waals surface area contributed by atoms with Crippen LogP contribution in [0.15, 0.2) is 48.7 Å². The first kappa shape index (κ1) is 19.2. The maximum absolute atomic E-state index is 13.1. The fourth-order valence-corrected chi connectivity index (χ4v) is 3.65. The van der Waals surface area contributed by atoms with Gasteiger partial charge in [-0.15, -0.1) is 0 Å². The lowest BCUT2D eigenvalue weighted by Crippen LogP contribution is -2.41. The molecule has 5 heteroatoms. The molecule has 1 aliphatic heterocycles. The summed E-state index contributed by atoms with van der Waals surface area (Å²) in [5.41, 5.74) is 1.98. The van der Waals surface area contributed by atoms with E-state index >= 15 is 0 Å². The molecule has 1 fully saturated rings. The van der Waals surface area contributed by atoms with Gasteiger partial charge in [-0.05, 0) is 51.3 Å². The van der Waals surface area contributed by atoms with Crippen LogP contribution >= 0.6 is 0 Å². The minimum absolute atomic E-state index is 0.0330. The van der Waals surface area contributed by atoms with Crippen LogP contribution in [0.5, 0.6) is 5.75 Å². The number of para-hydroxylation sites is 1. The second-order valence-corrected chi connectivity index (χ2v) is 7.22. The minimum Gasteiger partial charge on any atom is -0.491 e. The Morgan fingerprint density at radius 3 is 2.74 bits per heavy atom. The molecule has 2 atom stereocenters. The predicted octanol–water partition coefficient (Wildman–Crippen LogP) is 4.87. The molecule has 1 aromatic carbocycles. The van der Waals surface area contributed by atoms with Crippen molar-refractivity contribution < 1.29 is 9.53 Å². The van der Waals surface area contributed by atoms with E-state index in [1.54, 1.807) is 6.20 Å². The number of likely N-dealkylation sites (tertiary alicyclic amines) is 1. The molecule has 5 nitrogen and oxygen atoms in total. The van der Waals surface area contributed by atoms with E-state index in [9.17, 15) is 4.79 Å². The molecule has 1 saturated heterocycles. The van der Waals surface area contributed by atoms with Crippen molar-refractivity contribution in [3.05, 3.63) is 59.9 Å². The standard InChI is InChI=1S/C22H29N3O2/c1-4-18(17-10-5-6-13-21(17)27-16(2)3)24-22(26)25-15-9-12-20(25)19-11-7-8-14-23-19/h5-8,10-11,13-14,16,18,20H,4,9,12,15H2,1-3H3,(H,24,26). The van der Waals surface area contributed by atoms with Crippen molar-refractivity contribution in [1.29, 1.82) is 0 Å². The van der Waals surface area contributed by atoms with Crippen LogP contribution in [0.1, 0.15) is 63.4 Å². The summed E-state index contributed by atoms with van der Waals surface area (Å²) in [6.07, 6.45) is 4.63. The Bertz CT molecular complexity index is 748. The van der Waals surface area contributed by atoms with Gasteiger partial charge in [0.2, 0.25) is 0 Å². The van der Waals surface area contributed by atoms with Gasteiger partial charge in [0.1, 0.15) is 5.75 Å². The summed E-state index contributed by atoms with van der Waals surface area (Å²) in [6.45, 7) is 6.86. The van der Waals surface area contributed by atoms with Gasteiger partial charge >= 0.3 is 6.03 Å². The average molecular weight is 367 g/mol. The normalized spacial score (nSPS) is 17.8. The summed E-state index contributed by atoms with van der Waals surface area (Å²) in [4.78, 5) is 19.4. The lowest BCUT2D eigenvalue weighted by molar-refractivity contribution is 0.186. The number of nitrogens with one attached hydrogen (secondary N) is 1. The van der Waals surface area contributed by atoms with Crippen LogP contribution in [0.25, 0.3) is 0 Å². The molecule has 1 aliphatic rings. The van der Waals surface area contributed by atoms with Crippen LogP contribution in [0, 0.1) is 0 Å². The predicted molar refractivity (Wildman–Crippen MR) is 107 cm³/mol. The van der Waals surface area contributed by atoms with E-state index in [0.29, 0.717) is 0 Å². The Kier molecular flexibility index (Phi) is 6.32. The second kappa shape index (κ2) is 8.89. The monoisotopic (exact) mass is 367 g/mol. The third-order valence-corrected chi connectivity index (χ3v) is 4.91. The SMILES string of the molecule is CCC(NC(=O)N1CCCC1c1ccccn1)c1ccccc1OC(C)C. The first-order chi connectivity index (χ1) is 13.1. The highest BCUT2D eigenvalue weighted by Crippen LogP contribution is 2.32. The van der Waals surface area contributed by atoms with Crippen molar-refractivity contribution >= 4 is 6.03 Å². The van der Waals surface area contributed by atoms with E-state index in [-0.39, 0.29) is 24.2 Å². The second-order valence-electron chi connectivity index (χ2n) is 7.22. The summed E-state index contributed by atoms with van der Waals surface area (Å²) < 4.78 is 5.95. The van der Waals surface area contributed by atoms with Crippen LogP contribution in [0.3, 0.4) is 0 Å². The summed E-state index contributed by atoms with van der Waals surface area (Å²) in [6, 6.07) is 13.8. The molecular weight excluding hydrogens is 338 g/mol. The van der Waals surface area contributed by atoms with Gasteiger partial charge in [0.15, 0.2) is 0 Å². The Morgan fingerprint density at radius 1 is 1.26 bits per heavy atom. The smallest absolute Gasteiger partial charge is 0.318 e. The van der Waals surface area contributed by atoms with E-state index in [4.69, 9.17) is 4.74 Å². The number of ether oxygens (including phenoxy) is 1. The van der Waals surface area contributed by atoms with Gasteiger partial charge < -0.3 is 15.0 Å². The van der Waals surface area contributed by atoms with Gasteiger partial charge in [0.25, 0.3) is 0 Å². The summed E-state index contributed by atoms with van der Waals surface area (Å²) >= 11 is 0. The molecular formula is C22H29N3O2. The number of carbonyl (C=O) groups is 1. The summed E-state index contributed by atoms with van der Waals surface area (Å²) in [5, 5.41) is 3.22. The number of hydrogen-bond acceptors (Lipinski definition) is 3. The zero-order valence-electron chi connectivity index (χ0n) is 16.4. The van der Waals surface area contributed by atoms with Gasteiger partial charge in [0, 0.05) is 18.3 Å². The highest BCUT2D eigenvalue weighted by molar-refractivity contribution is 5.75. The molecule has 144 valence electrons. The molecule has 3 rings (SSSR count). The fourth-order valence-electron chi connectivity index (χ4n) is 3.65. The third kappa shape index (κ3) is 4.59. The van der Waals surface area contributed by atoms with Gasteiger partial charge in [-0.3, -0.25) is 4.98 Å². The molecule has 2 aromatic rings. The lowest BCUT2D eigenvalue weighted by Gasteiger charge is -2.28. The maximum Gasteiger partial charge on any atom is 0.318 e. The number of amides is 2. The number of aromatic nitrogens is 1. The number of urea groups is 1. The van der Waals surface area contributed by atoms with Crippen molar-refractivity contribution in [1.82, 2.24) is 15.2 Å². The number of pyridine rings is 1. The number of hydrogen-bond donors (Lipinski definition) is 1. The first-order valence-electron chi connectivity index (χ1n) is 9.83. The number of nitrogens with zero attached hydrogens (tertiary/aromatic N) is 2. The van der Waals surface area contributed by atoms with Gasteiger partial charge in [0.05, 0.1) is 23.9 Å². The molecule has 1 aromatic heterocycles. The van der Waals surface area contributed by atoms with Crippen LogP contribution in [-0.4, -0.2) is 28.6 Å². The Morgan fingerprint density at radius 2 is 2.04 bits per heavy atom. The Balaban J connectivity index is 1.76. The van der Waals surface area contributed by atoms with Crippen LogP contribution in [0.4, 0.5) is 4.79 Å². The maximum atomic E-state index is 13.1. The molecule has 0 bridgehead atoms. The van der Waals surface area contributed by atoms with E-state index in [0.717, 1.165) is 42.8 Å². The average Bonchev–Trinajstić information content (AvgIpc) is 3.17. The Hall–Kier alpha value is -2.56. The van der Waals surface area contributed by atoms with Crippen molar-refractivity contribution in [3.8, 4) is 5.75 Å². The lowest BCUT2D eigenvalue weighted by atomic mass is 10.0. The quantitative estimate of drug-likeness (QED) is 0.793. The molecule has 1 N–H and O–H groups in total. The van der Waals surface area contributed by atoms with Crippen LogP contribution < -0.4 is 10.1 Å². The number of rotatable bonds is 6.